The van der Waals surface area contributed by atoms with Gasteiger partial charge < -0.3 is 9.47 Å². The van der Waals surface area contributed by atoms with Crippen LogP contribution in [-0.4, -0.2) is 24.6 Å². The van der Waals surface area contributed by atoms with Crippen LogP contribution in [0.5, 0.6) is 0 Å². The number of carbonyl (C=O) groups is 2. The summed E-state index contributed by atoms with van der Waals surface area (Å²) in [5, 5.41) is 0. The molecule has 0 aromatic carbocycles. The SMILES string of the molecule is C=C(C)[C@@H]1CC[C@]2(COC(C)=O)CC[C@]3(C)C(C12)[C@@H]1C3(C)CCC2C(C)(C)[C@@H](OC(C)=O)CC[C@@]21C. The molecule has 4 nitrogen and oxygen atoms in total. The molecule has 4 unspecified atom stereocenters. The summed E-state index contributed by atoms with van der Waals surface area (Å²) >= 11 is 0. The van der Waals surface area contributed by atoms with Crippen molar-refractivity contribution in [3.8, 4) is 0 Å². The topological polar surface area (TPSA) is 52.6 Å². The number of carbonyl (C=O) groups excluding carboxylic acids is 2. The van der Waals surface area contributed by atoms with Gasteiger partial charge in [-0.05, 0) is 104 Å². The lowest BCUT2D eigenvalue weighted by Crippen LogP contribution is -2.76. The van der Waals surface area contributed by atoms with Gasteiger partial charge in [-0.15, -0.1) is 0 Å². The van der Waals surface area contributed by atoms with E-state index < -0.39 is 0 Å². The minimum absolute atomic E-state index is 0.00736. The Labute approximate surface area is 219 Å². The molecule has 36 heavy (non-hydrogen) atoms. The van der Waals surface area contributed by atoms with Gasteiger partial charge in [0.2, 0.25) is 0 Å². The van der Waals surface area contributed by atoms with Crippen LogP contribution in [0.25, 0.3) is 0 Å². The maximum absolute atomic E-state index is 12.0. The maximum Gasteiger partial charge on any atom is 0.302 e. The highest BCUT2D eigenvalue weighted by Crippen LogP contribution is 2.84. The molecular weight excluding hydrogens is 448 g/mol. The first-order chi connectivity index (χ1) is 16.6. The summed E-state index contributed by atoms with van der Waals surface area (Å²) in [7, 11) is 0. The van der Waals surface area contributed by atoms with Crippen molar-refractivity contribution in [3.63, 3.8) is 0 Å². The second kappa shape index (κ2) is 8.09. The molecule has 5 aliphatic carbocycles. The number of allylic oxidation sites excluding steroid dienone is 1. The molecule has 0 aromatic heterocycles. The van der Waals surface area contributed by atoms with Crippen molar-refractivity contribution >= 4 is 11.9 Å². The van der Waals surface area contributed by atoms with Gasteiger partial charge in [0, 0.05) is 24.7 Å². The van der Waals surface area contributed by atoms with Gasteiger partial charge in [-0.2, -0.15) is 0 Å². The van der Waals surface area contributed by atoms with E-state index in [4.69, 9.17) is 9.47 Å². The van der Waals surface area contributed by atoms with E-state index in [9.17, 15) is 9.59 Å². The third kappa shape index (κ3) is 3.24. The summed E-state index contributed by atoms with van der Waals surface area (Å²) in [6.45, 7) is 23.0. The Morgan fingerprint density at radius 1 is 0.806 bits per heavy atom. The average molecular weight is 499 g/mol. The molecule has 5 rings (SSSR count). The molecule has 0 bridgehead atoms. The summed E-state index contributed by atoms with van der Waals surface area (Å²) in [5.41, 5.74) is 2.27. The van der Waals surface area contributed by atoms with E-state index in [2.05, 4.69) is 48.1 Å². The molecule has 0 amide bonds. The number of ether oxygens (including phenoxy) is 2. The van der Waals surface area contributed by atoms with Gasteiger partial charge in [0.15, 0.2) is 0 Å². The van der Waals surface area contributed by atoms with Gasteiger partial charge in [0.1, 0.15) is 6.10 Å². The van der Waals surface area contributed by atoms with Crippen LogP contribution in [0.15, 0.2) is 12.2 Å². The maximum atomic E-state index is 12.0. The minimum atomic E-state index is -0.149. The third-order valence-electron chi connectivity index (χ3n) is 13.3. The van der Waals surface area contributed by atoms with E-state index in [1.54, 1.807) is 13.8 Å². The molecule has 0 aromatic rings. The van der Waals surface area contributed by atoms with Crippen LogP contribution in [0.1, 0.15) is 107 Å². The van der Waals surface area contributed by atoms with Crippen LogP contribution < -0.4 is 0 Å². The fraction of sp³-hybridized carbons (Fsp3) is 0.875. The molecule has 5 fully saturated rings. The fourth-order valence-electron chi connectivity index (χ4n) is 11.7. The summed E-state index contributed by atoms with van der Waals surface area (Å²) in [4.78, 5) is 23.9. The van der Waals surface area contributed by atoms with Crippen molar-refractivity contribution < 1.29 is 19.1 Å². The van der Waals surface area contributed by atoms with Gasteiger partial charge in [-0.3, -0.25) is 9.59 Å². The van der Waals surface area contributed by atoms with Crippen LogP contribution >= 0.6 is 0 Å². The van der Waals surface area contributed by atoms with E-state index in [1.807, 2.05) is 0 Å². The molecule has 4 heteroatoms. The standard InChI is InChI=1S/C32H50O4/c1-19(2)22-10-15-32(18-35-20(3)33)17-16-30(8)26(25(22)32)27-29(7)13-12-24(36-21(4)34)28(5,6)23(29)11-14-31(27,30)9/h22-27H,1,10-18H2,2-9H3/t22-,23?,24-,25?,26?,27-,29-,30+,31?,32+/m0/s1. The molecular formula is C32H50O4. The van der Waals surface area contributed by atoms with Crippen molar-refractivity contribution in [2.24, 2.45) is 56.7 Å². The largest absolute Gasteiger partial charge is 0.465 e. The third-order valence-corrected chi connectivity index (χ3v) is 13.3. The Morgan fingerprint density at radius 2 is 1.50 bits per heavy atom. The van der Waals surface area contributed by atoms with E-state index in [1.165, 1.54) is 37.7 Å². The molecule has 5 aliphatic rings. The van der Waals surface area contributed by atoms with Crippen molar-refractivity contribution in [3.05, 3.63) is 12.2 Å². The zero-order valence-corrected chi connectivity index (χ0v) is 24.2. The van der Waals surface area contributed by atoms with Crippen LogP contribution in [0.4, 0.5) is 0 Å². The average Bonchev–Trinajstić information content (AvgIpc) is 3.15. The first-order valence-electron chi connectivity index (χ1n) is 14.6. The first kappa shape index (κ1) is 26.3. The first-order valence-corrected chi connectivity index (χ1v) is 14.6. The number of fused-ring (bicyclic) bond motifs is 8. The normalized spacial score (nSPS) is 50.4. The Morgan fingerprint density at radius 3 is 2.11 bits per heavy atom. The Balaban J connectivity index is 1.56. The predicted molar refractivity (Wildman–Crippen MR) is 142 cm³/mol. The lowest BCUT2D eigenvalue weighted by Gasteiger charge is -2.81. The van der Waals surface area contributed by atoms with Gasteiger partial charge >= 0.3 is 11.9 Å². The number of hydrogen-bond acceptors (Lipinski definition) is 4. The second-order valence-corrected chi connectivity index (χ2v) is 15.1. The van der Waals surface area contributed by atoms with Crippen LogP contribution in [0.2, 0.25) is 0 Å². The summed E-state index contributed by atoms with van der Waals surface area (Å²) in [6.07, 6.45) is 9.33. The predicted octanol–water partition coefficient (Wildman–Crippen LogP) is 7.36. The molecule has 0 saturated heterocycles. The van der Waals surface area contributed by atoms with Gasteiger partial charge in [-0.1, -0.05) is 46.8 Å². The van der Waals surface area contributed by atoms with Crippen molar-refractivity contribution in [2.45, 2.75) is 113 Å². The van der Waals surface area contributed by atoms with Crippen molar-refractivity contribution in [2.75, 3.05) is 6.61 Å². The number of rotatable bonds is 4. The molecule has 5 saturated carbocycles. The lowest BCUT2D eigenvalue weighted by atomic mass is 9.23. The molecule has 0 N–H and O–H groups in total. The monoisotopic (exact) mass is 498 g/mol. The van der Waals surface area contributed by atoms with Crippen molar-refractivity contribution in [1.29, 1.82) is 0 Å². The van der Waals surface area contributed by atoms with Gasteiger partial charge in [0.05, 0.1) is 6.61 Å². The second-order valence-electron chi connectivity index (χ2n) is 15.1. The zero-order valence-electron chi connectivity index (χ0n) is 24.2. The van der Waals surface area contributed by atoms with E-state index >= 15 is 0 Å². The molecule has 10 atom stereocenters. The highest BCUT2D eigenvalue weighted by Gasteiger charge is 2.79. The minimum Gasteiger partial charge on any atom is -0.465 e. The highest BCUT2D eigenvalue weighted by molar-refractivity contribution is 5.66. The highest BCUT2D eigenvalue weighted by atomic mass is 16.5. The summed E-state index contributed by atoms with van der Waals surface area (Å²) < 4.78 is 11.7. The fourth-order valence-corrected chi connectivity index (χ4v) is 11.7. The van der Waals surface area contributed by atoms with E-state index in [0.717, 1.165) is 19.3 Å². The Bertz CT molecular complexity index is 967. The quantitative estimate of drug-likeness (QED) is 0.300. The van der Waals surface area contributed by atoms with Crippen molar-refractivity contribution in [1.82, 2.24) is 0 Å². The summed E-state index contributed by atoms with van der Waals surface area (Å²) in [6, 6.07) is 0. The summed E-state index contributed by atoms with van der Waals surface area (Å²) in [5.74, 6) is 2.58. The van der Waals surface area contributed by atoms with E-state index in [0.29, 0.717) is 47.0 Å². The number of esters is 2. The molecule has 0 spiro atoms. The zero-order chi connectivity index (χ0) is 26.5. The van der Waals surface area contributed by atoms with Gasteiger partial charge in [0.25, 0.3) is 0 Å². The Hall–Kier alpha value is -1.32. The van der Waals surface area contributed by atoms with Crippen LogP contribution in [0.3, 0.4) is 0 Å². The van der Waals surface area contributed by atoms with Crippen LogP contribution in [0, 0.1) is 56.7 Å². The molecule has 0 radical (unpaired) electrons. The van der Waals surface area contributed by atoms with E-state index in [-0.39, 0.29) is 34.3 Å². The van der Waals surface area contributed by atoms with Gasteiger partial charge in [-0.25, -0.2) is 0 Å². The lowest BCUT2D eigenvalue weighted by molar-refractivity contribution is -0.339. The molecule has 202 valence electrons. The van der Waals surface area contributed by atoms with Crippen LogP contribution in [-0.2, 0) is 19.1 Å². The molecule has 0 aliphatic heterocycles. The molecule has 0 heterocycles. The smallest absolute Gasteiger partial charge is 0.302 e. The Kier molecular flexibility index (Phi) is 5.91. The number of hydrogen-bond donors (Lipinski definition) is 0.